The maximum atomic E-state index is 13.8. The van der Waals surface area contributed by atoms with Crippen LogP contribution in [0.5, 0.6) is 0 Å². The first-order valence-electron chi connectivity index (χ1n) is 12.8. The van der Waals surface area contributed by atoms with Crippen LogP contribution in [0, 0.1) is 23.2 Å². The summed E-state index contributed by atoms with van der Waals surface area (Å²) in [6.07, 6.45) is -7.71. The number of aromatic nitrogens is 4. The summed E-state index contributed by atoms with van der Waals surface area (Å²) in [5.41, 5.74) is -2.81. The third-order valence-corrected chi connectivity index (χ3v) is 7.28. The molecule has 18 heteroatoms. The zero-order chi connectivity index (χ0) is 30.9. The van der Waals surface area contributed by atoms with Crippen LogP contribution >= 0.6 is 0 Å². The van der Waals surface area contributed by atoms with Gasteiger partial charge in [0, 0.05) is 37.4 Å². The number of imidazole rings is 1. The van der Waals surface area contributed by atoms with Crippen molar-refractivity contribution in [1.29, 1.82) is 5.41 Å². The number of rotatable bonds is 8. The van der Waals surface area contributed by atoms with E-state index in [2.05, 4.69) is 35.5 Å². The molecule has 0 aromatic carbocycles. The van der Waals surface area contributed by atoms with Gasteiger partial charge in [-0.15, -0.1) is 0 Å². The molecule has 4 N–H and O–H groups in total. The lowest BCUT2D eigenvalue weighted by molar-refractivity contribution is -0.183. The molecule has 0 bridgehead atoms. The van der Waals surface area contributed by atoms with Gasteiger partial charge in [-0.1, -0.05) is 0 Å². The maximum absolute atomic E-state index is 13.8. The number of aromatic amines is 1. The van der Waals surface area contributed by atoms with E-state index in [4.69, 9.17) is 5.41 Å². The number of alkyl halides is 8. The molecule has 0 radical (unpaired) electrons. The average Bonchev–Trinajstić information content (AvgIpc) is 3.57. The normalized spacial score (nSPS) is 22.6. The summed E-state index contributed by atoms with van der Waals surface area (Å²) in [5, 5.41) is 18.4. The van der Waals surface area contributed by atoms with E-state index < -0.39 is 91.1 Å². The number of nitrogens with zero attached hydrogens (tertiary/aromatic N) is 3. The Balaban J connectivity index is 1.48. The average molecular weight is 611 g/mol. The highest BCUT2D eigenvalue weighted by atomic mass is 19.4. The Hall–Kier alpha value is -3.86. The van der Waals surface area contributed by atoms with Crippen LogP contribution in [0.3, 0.4) is 0 Å². The fraction of sp³-hybridized carbons (Fsp3) is 0.583. The lowest BCUT2D eigenvalue weighted by Crippen LogP contribution is -2.46. The Morgan fingerprint density at radius 3 is 2.52 bits per heavy atom. The summed E-state index contributed by atoms with van der Waals surface area (Å²) >= 11 is 0. The minimum absolute atomic E-state index is 0.0711. The minimum atomic E-state index is -5.04. The second-order valence-corrected chi connectivity index (χ2v) is 10.3. The van der Waals surface area contributed by atoms with E-state index in [0.717, 1.165) is 0 Å². The lowest BCUT2D eigenvalue weighted by Gasteiger charge is -2.33. The smallest absolute Gasteiger partial charge is 0.355 e. The Kier molecular flexibility index (Phi) is 8.73. The molecule has 4 rings (SSSR count). The molecule has 1 saturated heterocycles. The highest BCUT2D eigenvalue weighted by molar-refractivity contribution is 5.98. The highest BCUT2D eigenvalue weighted by Gasteiger charge is 2.45. The van der Waals surface area contributed by atoms with Crippen LogP contribution in [0.2, 0.25) is 0 Å². The first kappa shape index (κ1) is 31.1. The SMILES string of the molecule is N=C(/C=C\c1ncc([C@@H](NC(=O)c2nonc2C(F)(F)F)C2CCC(F)(F)CC2)[nH]1)CC1C[C@@H](C(F)(F)F)CNC1=O. The molecule has 1 saturated carbocycles. The van der Waals surface area contributed by atoms with Gasteiger partial charge >= 0.3 is 12.4 Å². The summed E-state index contributed by atoms with van der Waals surface area (Å²) in [6.45, 7) is -0.530. The molecule has 230 valence electrons. The molecule has 2 aromatic heterocycles. The fourth-order valence-corrected chi connectivity index (χ4v) is 5.01. The van der Waals surface area contributed by atoms with Gasteiger partial charge in [-0.25, -0.2) is 18.4 Å². The second-order valence-electron chi connectivity index (χ2n) is 10.3. The number of carbonyl (C=O) groups excluding carboxylic acids is 2. The molecule has 3 atom stereocenters. The van der Waals surface area contributed by atoms with Gasteiger partial charge in [-0.05, 0) is 47.6 Å². The largest absolute Gasteiger partial charge is 0.439 e. The Labute approximate surface area is 232 Å². The van der Waals surface area contributed by atoms with Crippen LogP contribution in [0.4, 0.5) is 35.1 Å². The number of allylic oxidation sites excluding steroid dienone is 1. The molecule has 3 heterocycles. The van der Waals surface area contributed by atoms with E-state index in [9.17, 15) is 44.7 Å². The first-order valence-corrected chi connectivity index (χ1v) is 12.8. The van der Waals surface area contributed by atoms with Gasteiger partial charge in [0.15, 0.2) is 0 Å². The lowest BCUT2D eigenvalue weighted by atomic mass is 9.81. The number of hydrogen-bond donors (Lipinski definition) is 4. The Morgan fingerprint density at radius 1 is 1.19 bits per heavy atom. The van der Waals surface area contributed by atoms with Crippen LogP contribution in [-0.2, 0) is 11.0 Å². The minimum Gasteiger partial charge on any atom is -0.355 e. The zero-order valence-corrected chi connectivity index (χ0v) is 21.6. The molecule has 1 unspecified atom stereocenters. The van der Waals surface area contributed by atoms with Crippen LogP contribution in [0.25, 0.3) is 6.08 Å². The van der Waals surface area contributed by atoms with E-state index in [0.29, 0.717) is 0 Å². The maximum Gasteiger partial charge on any atom is 0.439 e. The summed E-state index contributed by atoms with van der Waals surface area (Å²) < 4.78 is 110. The molecular weight excluding hydrogens is 586 g/mol. The standard InChI is InChI=1S/C24H25F8N7O3/c25-22(26)5-3-11(4-6-22)17(37-21(41)18-19(24(30,31)32)39-42-38-18)15-10-34-16(36-15)2-1-14(33)8-12-7-13(23(27,28)29)9-35-20(12)40/h1-2,10-13,17,33H,3-9H2,(H,34,36)(H,35,40)(H,37,41)/b2-1-,33-14?/t12?,13-,17+/m1/s1. The highest BCUT2D eigenvalue weighted by Crippen LogP contribution is 2.41. The van der Waals surface area contributed by atoms with Crippen molar-refractivity contribution in [1.82, 2.24) is 30.9 Å². The zero-order valence-electron chi connectivity index (χ0n) is 21.6. The van der Waals surface area contributed by atoms with Crippen molar-refractivity contribution in [3.05, 3.63) is 35.2 Å². The second kappa shape index (κ2) is 11.8. The van der Waals surface area contributed by atoms with E-state index in [1.165, 1.54) is 18.3 Å². The van der Waals surface area contributed by atoms with Crippen molar-refractivity contribution in [3.8, 4) is 0 Å². The molecule has 10 nitrogen and oxygen atoms in total. The van der Waals surface area contributed by atoms with Gasteiger partial charge < -0.3 is 21.0 Å². The molecule has 2 aromatic rings. The van der Waals surface area contributed by atoms with E-state index in [1.807, 2.05) is 0 Å². The number of nitrogens with one attached hydrogen (secondary N) is 4. The van der Waals surface area contributed by atoms with Gasteiger partial charge in [-0.3, -0.25) is 9.59 Å². The predicted molar refractivity (Wildman–Crippen MR) is 127 cm³/mol. The number of H-pyrrole nitrogens is 1. The first-order chi connectivity index (χ1) is 19.5. The number of piperidine rings is 1. The summed E-state index contributed by atoms with van der Waals surface area (Å²) in [7, 11) is 0. The van der Waals surface area contributed by atoms with Crippen molar-refractivity contribution in [2.24, 2.45) is 17.8 Å². The van der Waals surface area contributed by atoms with Gasteiger partial charge in [-0.2, -0.15) is 26.3 Å². The summed E-state index contributed by atoms with van der Waals surface area (Å²) in [5.74, 6) is -8.14. The number of hydrogen-bond acceptors (Lipinski definition) is 7. The number of halogens is 8. The Bertz CT molecular complexity index is 1320. The van der Waals surface area contributed by atoms with Gasteiger partial charge in [0.1, 0.15) is 5.82 Å². The van der Waals surface area contributed by atoms with Gasteiger partial charge in [0.2, 0.25) is 23.2 Å². The third-order valence-electron chi connectivity index (χ3n) is 7.28. The fourth-order valence-electron chi connectivity index (χ4n) is 5.01. The molecule has 0 spiro atoms. The monoisotopic (exact) mass is 611 g/mol. The van der Waals surface area contributed by atoms with Crippen molar-refractivity contribution in [2.75, 3.05) is 6.54 Å². The van der Waals surface area contributed by atoms with Crippen molar-refractivity contribution in [3.63, 3.8) is 0 Å². The van der Waals surface area contributed by atoms with Gasteiger partial charge in [0.25, 0.3) is 5.91 Å². The van der Waals surface area contributed by atoms with Crippen LogP contribution in [0.15, 0.2) is 16.9 Å². The van der Waals surface area contributed by atoms with E-state index in [1.54, 1.807) is 0 Å². The van der Waals surface area contributed by atoms with Crippen LogP contribution in [-0.4, -0.2) is 56.5 Å². The summed E-state index contributed by atoms with van der Waals surface area (Å²) in [4.78, 5) is 31.7. The van der Waals surface area contributed by atoms with Crippen LogP contribution in [0.1, 0.15) is 72.3 Å². The molecular formula is C24H25F8N7O3. The van der Waals surface area contributed by atoms with Crippen molar-refractivity contribution >= 4 is 23.6 Å². The van der Waals surface area contributed by atoms with Crippen LogP contribution < -0.4 is 10.6 Å². The predicted octanol–water partition coefficient (Wildman–Crippen LogP) is 4.85. The summed E-state index contributed by atoms with van der Waals surface area (Å²) in [6, 6.07) is -1.09. The topological polar surface area (TPSA) is 150 Å². The molecule has 1 aliphatic heterocycles. The molecule has 2 amide bonds. The number of carbonyl (C=O) groups is 2. The Morgan fingerprint density at radius 2 is 1.88 bits per heavy atom. The molecule has 1 aliphatic carbocycles. The van der Waals surface area contributed by atoms with Crippen molar-refractivity contribution in [2.45, 2.75) is 62.8 Å². The van der Waals surface area contributed by atoms with Crippen molar-refractivity contribution < 1.29 is 49.3 Å². The molecule has 42 heavy (non-hydrogen) atoms. The quantitative estimate of drug-likeness (QED) is 0.248. The number of amides is 2. The molecule has 2 fully saturated rings. The van der Waals surface area contributed by atoms with E-state index >= 15 is 0 Å². The van der Waals surface area contributed by atoms with Gasteiger partial charge in [0.05, 0.1) is 23.9 Å². The third kappa shape index (κ3) is 7.50. The molecule has 2 aliphatic rings. The van der Waals surface area contributed by atoms with E-state index in [-0.39, 0.29) is 36.5 Å².